The number of carbonyl (C=O) groups is 5. The number of nitrogens with one attached hydrogen (secondary N) is 1. The predicted molar refractivity (Wildman–Crippen MR) is 91.2 cm³/mol. The number of carbonyl (C=O) groups excluding carboxylic acids is 3. The van der Waals surface area contributed by atoms with Gasteiger partial charge in [0.05, 0.1) is 0 Å². The predicted octanol–water partition coefficient (Wildman–Crippen LogP) is -1.52. The molecular weight excluding hydrogens is 382 g/mol. The summed E-state index contributed by atoms with van der Waals surface area (Å²) in [4.78, 5) is 58.5. The van der Waals surface area contributed by atoms with Crippen LogP contribution in [0.4, 0.5) is 0 Å². The summed E-state index contributed by atoms with van der Waals surface area (Å²) in [5, 5.41) is 20.0. The number of β-lactam (4-membered cyclic amide) rings is 1. The van der Waals surface area contributed by atoms with E-state index in [1.165, 1.54) is 18.7 Å². The molecule has 2 aliphatic rings. The molecule has 1 fully saturated rings. The third-order valence-electron chi connectivity index (χ3n) is 4.02. The fourth-order valence-corrected chi connectivity index (χ4v) is 3.97. The van der Waals surface area contributed by atoms with Crippen molar-refractivity contribution in [2.75, 3.05) is 12.4 Å². The molecule has 12 heteroatoms. The van der Waals surface area contributed by atoms with E-state index >= 15 is 0 Å². The molecule has 0 aromatic heterocycles. The summed E-state index contributed by atoms with van der Waals surface area (Å²) in [5.74, 6) is -4.04. The van der Waals surface area contributed by atoms with Crippen LogP contribution in [0, 0.1) is 0 Å². The number of carboxylic acid groups (broad SMARTS) is 2. The fourth-order valence-electron chi connectivity index (χ4n) is 2.64. The first kappa shape index (κ1) is 20.7. The molecule has 27 heavy (non-hydrogen) atoms. The van der Waals surface area contributed by atoms with Crippen LogP contribution in [0.25, 0.3) is 0 Å². The van der Waals surface area contributed by atoms with Crippen LogP contribution in [0.3, 0.4) is 0 Å². The molecule has 0 unspecified atom stereocenters. The minimum absolute atomic E-state index is 0.0869. The van der Waals surface area contributed by atoms with E-state index in [0.29, 0.717) is 5.57 Å². The number of thioether (sulfide) groups is 1. The van der Waals surface area contributed by atoms with Crippen molar-refractivity contribution in [2.24, 2.45) is 5.73 Å². The lowest BCUT2D eigenvalue weighted by molar-refractivity contribution is -0.151. The summed E-state index contributed by atoms with van der Waals surface area (Å²) < 4.78 is 4.83. The average Bonchev–Trinajstić information content (AvgIpc) is 2.60. The van der Waals surface area contributed by atoms with E-state index in [4.69, 9.17) is 15.6 Å². The molecule has 2 aliphatic heterocycles. The molecule has 2 rings (SSSR count). The third kappa shape index (κ3) is 4.57. The molecule has 148 valence electrons. The van der Waals surface area contributed by atoms with Gasteiger partial charge in [0.25, 0.3) is 5.91 Å². The van der Waals surface area contributed by atoms with Gasteiger partial charge >= 0.3 is 17.9 Å². The normalized spacial score (nSPS) is 22.4. The van der Waals surface area contributed by atoms with Crippen molar-refractivity contribution in [1.29, 1.82) is 0 Å². The van der Waals surface area contributed by atoms with Crippen molar-refractivity contribution < 1.29 is 38.9 Å². The van der Waals surface area contributed by atoms with Gasteiger partial charge in [-0.1, -0.05) is 0 Å². The summed E-state index contributed by atoms with van der Waals surface area (Å²) in [6.45, 7) is 0.959. The Morgan fingerprint density at radius 2 is 2.04 bits per heavy atom. The van der Waals surface area contributed by atoms with E-state index in [9.17, 15) is 29.1 Å². The first-order chi connectivity index (χ1) is 12.6. The maximum absolute atomic E-state index is 12.4. The zero-order valence-corrected chi connectivity index (χ0v) is 15.2. The van der Waals surface area contributed by atoms with Crippen molar-refractivity contribution in [3.05, 3.63) is 11.3 Å². The zero-order valence-electron chi connectivity index (χ0n) is 14.3. The quantitative estimate of drug-likeness (QED) is 0.276. The molecule has 0 saturated carbocycles. The minimum atomic E-state index is -1.33. The third-order valence-corrected chi connectivity index (χ3v) is 5.36. The molecule has 0 bridgehead atoms. The van der Waals surface area contributed by atoms with Gasteiger partial charge in [0.2, 0.25) is 5.91 Å². The lowest BCUT2D eigenvalue weighted by Gasteiger charge is -2.49. The number of carboxylic acids is 2. The van der Waals surface area contributed by atoms with Gasteiger partial charge in [-0.2, -0.15) is 0 Å². The summed E-state index contributed by atoms with van der Waals surface area (Å²) >= 11 is 1.24. The molecule has 0 radical (unpaired) electrons. The number of hydrogen-bond donors (Lipinski definition) is 4. The van der Waals surface area contributed by atoms with Crippen LogP contribution in [0.2, 0.25) is 0 Å². The molecule has 2 amide bonds. The number of nitrogens with two attached hydrogens (primary N) is 1. The van der Waals surface area contributed by atoms with Gasteiger partial charge in [-0.3, -0.25) is 24.1 Å². The maximum atomic E-state index is 12.4. The second kappa shape index (κ2) is 8.39. The van der Waals surface area contributed by atoms with E-state index in [2.05, 4.69) is 5.32 Å². The number of hydrogen-bond acceptors (Lipinski definition) is 8. The first-order valence-corrected chi connectivity index (χ1v) is 8.99. The van der Waals surface area contributed by atoms with Crippen LogP contribution in [0.1, 0.15) is 19.8 Å². The Morgan fingerprint density at radius 3 is 2.59 bits per heavy atom. The number of amides is 2. The van der Waals surface area contributed by atoms with Gasteiger partial charge in [-0.15, -0.1) is 11.8 Å². The fraction of sp³-hybridized carbons (Fsp3) is 0.533. The van der Waals surface area contributed by atoms with E-state index in [1.807, 2.05) is 0 Å². The zero-order chi connectivity index (χ0) is 20.3. The molecule has 0 aliphatic carbocycles. The summed E-state index contributed by atoms with van der Waals surface area (Å²) in [6, 6.07) is -2.09. The highest BCUT2D eigenvalue weighted by Crippen LogP contribution is 2.40. The van der Waals surface area contributed by atoms with Crippen molar-refractivity contribution in [2.45, 2.75) is 37.2 Å². The Kier molecular flexibility index (Phi) is 6.44. The standard InChI is InChI=1S/C15H19N3O8S/c1-6(19)26-4-7-5-27-13-10(12(21)18(13)11(7)15(24)25)17-9(20)3-2-8(16)14(22)23/h8,10,13H,2-5,16H2,1H3,(H,17,20)(H,22,23)(H,24,25)/t8-,10-,13-/m1/s1. The van der Waals surface area contributed by atoms with Gasteiger partial charge in [0.15, 0.2) is 0 Å². The maximum Gasteiger partial charge on any atom is 0.352 e. The number of rotatable bonds is 8. The second-order valence-electron chi connectivity index (χ2n) is 5.98. The Hall–Kier alpha value is -2.60. The van der Waals surface area contributed by atoms with Crippen molar-refractivity contribution in [3.8, 4) is 0 Å². The van der Waals surface area contributed by atoms with Gasteiger partial charge in [0.1, 0.15) is 29.8 Å². The number of fused-ring (bicyclic) bond motifs is 1. The van der Waals surface area contributed by atoms with Gasteiger partial charge in [-0.25, -0.2) is 4.79 Å². The molecule has 1 saturated heterocycles. The minimum Gasteiger partial charge on any atom is -0.480 e. The SMILES string of the molecule is CC(=O)OCC1=C(C(=O)O)N2C(=O)[C@@H](NC(=O)CC[C@@H](N)C(=O)O)[C@H]2SC1. The summed E-state index contributed by atoms with van der Waals surface area (Å²) in [5.41, 5.74) is 5.38. The van der Waals surface area contributed by atoms with E-state index < -0.39 is 47.2 Å². The number of nitrogens with zero attached hydrogens (tertiary/aromatic N) is 1. The summed E-state index contributed by atoms with van der Waals surface area (Å²) in [7, 11) is 0. The van der Waals surface area contributed by atoms with E-state index in [1.54, 1.807) is 0 Å². The Labute approximate surface area is 157 Å². The topological polar surface area (TPSA) is 176 Å². The molecule has 5 N–H and O–H groups in total. The monoisotopic (exact) mass is 401 g/mol. The molecule has 11 nitrogen and oxygen atoms in total. The second-order valence-corrected chi connectivity index (χ2v) is 7.08. The van der Waals surface area contributed by atoms with E-state index in [-0.39, 0.29) is 30.9 Å². The van der Waals surface area contributed by atoms with Crippen LogP contribution in [-0.4, -0.2) is 74.7 Å². The highest BCUT2D eigenvalue weighted by molar-refractivity contribution is 8.00. The van der Waals surface area contributed by atoms with Crippen molar-refractivity contribution >= 4 is 41.5 Å². The first-order valence-electron chi connectivity index (χ1n) is 7.94. The van der Waals surface area contributed by atoms with Gasteiger partial charge < -0.3 is 26.0 Å². The lowest BCUT2D eigenvalue weighted by Crippen LogP contribution is -2.70. The van der Waals surface area contributed by atoms with Crippen LogP contribution in [0.5, 0.6) is 0 Å². The number of aliphatic carboxylic acids is 2. The molecular formula is C15H19N3O8S. The Morgan fingerprint density at radius 1 is 1.37 bits per heavy atom. The van der Waals surface area contributed by atoms with E-state index in [0.717, 1.165) is 4.90 Å². The number of ether oxygens (including phenoxy) is 1. The Bertz CT molecular complexity index is 722. The average molecular weight is 401 g/mol. The number of esters is 1. The highest BCUT2D eigenvalue weighted by atomic mass is 32.2. The molecule has 0 aromatic carbocycles. The van der Waals surface area contributed by atoms with Crippen LogP contribution in [-0.2, 0) is 28.7 Å². The van der Waals surface area contributed by atoms with Crippen LogP contribution < -0.4 is 11.1 Å². The molecule has 2 heterocycles. The lowest BCUT2D eigenvalue weighted by atomic mass is 10.0. The Balaban J connectivity index is 2.02. The van der Waals surface area contributed by atoms with Crippen molar-refractivity contribution in [3.63, 3.8) is 0 Å². The van der Waals surface area contributed by atoms with Gasteiger partial charge in [-0.05, 0) is 6.42 Å². The largest absolute Gasteiger partial charge is 0.480 e. The molecule has 0 aromatic rings. The smallest absolute Gasteiger partial charge is 0.352 e. The van der Waals surface area contributed by atoms with Gasteiger partial charge in [0, 0.05) is 24.7 Å². The molecule has 3 atom stereocenters. The van der Waals surface area contributed by atoms with Crippen molar-refractivity contribution in [1.82, 2.24) is 10.2 Å². The van der Waals surface area contributed by atoms with Crippen LogP contribution in [0.15, 0.2) is 11.3 Å². The molecule has 0 spiro atoms. The van der Waals surface area contributed by atoms with Crippen LogP contribution >= 0.6 is 11.8 Å². The summed E-state index contributed by atoms with van der Waals surface area (Å²) in [6.07, 6.45) is -0.260. The highest BCUT2D eigenvalue weighted by Gasteiger charge is 2.54.